The maximum absolute atomic E-state index is 13.8. The molecule has 1 aliphatic rings. The lowest BCUT2D eigenvalue weighted by atomic mass is 10.0. The molecule has 0 fully saturated rings. The van der Waals surface area contributed by atoms with Crippen molar-refractivity contribution in [3.05, 3.63) is 76.1 Å². The van der Waals surface area contributed by atoms with Gasteiger partial charge in [-0.15, -0.1) is 11.6 Å². The number of alkyl halides is 1. The first-order chi connectivity index (χ1) is 15.6. The highest BCUT2D eigenvalue weighted by atomic mass is 35.5. The van der Waals surface area contributed by atoms with E-state index in [-0.39, 0.29) is 34.9 Å². The molecule has 1 aliphatic heterocycles. The maximum Gasteiger partial charge on any atom is 0.338 e. The maximum atomic E-state index is 13.8. The molecule has 1 amide bonds. The molecule has 33 heavy (non-hydrogen) atoms. The second kappa shape index (κ2) is 10.8. The van der Waals surface area contributed by atoms with Crippen LogP contribution in [0.15, 0.2) is 59.1 Å². The van der Waals surface area contributed by atoms with Gasteiger partial charge in [0.15, 0.2) is 0 Å². The van der Waals surface area contributed by atoms with Gasteiger partial charge in [-0.25, -0.2) is 14.2 Å². The average Bonchev–Trinajstić information content (AvgIpc) is 2.77. The molecule has 3 rings (SSSR count). The average molecular weight is 493 g/mol. The fourth-order valence-electron chi connectivity index (χ4n) is 3.02. The fourth-order valence-corrected chi connectivity index (χ4v) is 3.33. The summed E-state index contributed by atoms with van der Waals surface area (Å²) in [5, 5.41) is 2.34. The minimum Gasteiger partial charge on any atom is -0.459 e. The van der Waals surface area contributed by atoms with Crippen LogP contribution in [0.25, 0.3) is 0 Å². The molecule has 9 heteroatoms. The van der Waals surface area contributed by atoms with E-state index >= 15 is 0 Å². The van der Waals surface area contributed by atoms with Crippen LogP contribution in [0.1, 0.15) is 42.7 Å². The number of amides is 1. The Bertz CT molecular complexity index is 1100. The molecule has 2 aromatic carbocycles. The van der Waals surface area contributed by atoms with Crippen LogP contribution in [-0.2, 0) is 9.53 Å². The first-order valence-electron chi connectivity index (χ1n) is 10.3. The van der Waals surface area contributed by atoms with E-state index in [1.807, 2.05) is 0 Å². The van der Waals surface area contributed by atoms with Crippen LogP contribution in [0.2, 0.25) is 5.02 Å². The number of esters is 1. The highest BCUT2D eigenvalue weighted by molar-refractivity contribution is 6.30. The van der Waals surface area contributed by atoms with E-state index in [2.05, 4.69) is 10.3 Å². The number of hydrogen-bond acceptors (Lipinski definition) is 5. The molecule has 2 aromatic rings. The van der Waals surface area contributed by atoms with Crippen molar-refractivity contribution in [2.75, 3.05) is 6.54 Å². The highest BCUT2D eigenvalue weighted by Crippen LogP contribution is 2.23. The molecule has 0 saturated carbocycles. The van der Waals surface area contributed by atoms with Gasteiger partial charge in [-0.2, -0.15) is 0 Å². The van der Waals surface area contributed by atoms with Gasteiger partial charge in [0, 0.05) is 6.07 Å². The highest BCUT2D eigenvalue weighted by Gasteiger charge is 2.25. The number of ether oxygens (including phenoxy) is 2. The van der Waals surface area contributed by atoms with E-state index in [9.17, 15) is 14.0 Å². The molecule has 1 unspecified atom stereocenters. The summed E-state index contributed by atoms with van der Waals surface area (Å²) in [6, 6.07) is 10.3. The number of benzene rings is 2. The standard InChI is InChI=1S/C24H23Cl2FN2O4/c1-13(2)32-24(31)16-6-4-15(5-7-16)14(3)29-22(30)19-10-17(25)12-28-23(19)33-18-8-9-20(26)21(27)11-18/h4-11,13-14,17H,12H2,1-3H3,(H,29,30)/t14-,17?/m0/s1. The second-order valence-corrected chi connectivity index (χ2v) is 8.66. The molecule has 174 valence electrons. The van der Waals surface area contributed by atoms with Crippen LogP contribution in [-0.4, -0.2) is 35.8 Å². The monoisotopic (exact) mass is 492 g/mol. The van der Waals surface area contributed by atoms with Crippen molar-refractivity contribution in [2.24, 2.45) is 4.99 Å². The molecule has 0 aliphatic carbocycles. The molecule has 0 radical (unpaired) electrons. The van der Waals surface area contributed by atoms with Crippen LogP contribution >= 0.6 is 23.2 Å². The Labute approximate surface area is 201 Å². The minimum absolute atomic E-state index is 0.0325. The number of hydrogen-bond donors (Lipinski definition) is 1. The lowest BCUT2D eigenvalue weighted by Gasteiger charge is -2.20. The molecule has 0 aromatic heterocycles. The number of aliphatic imine (C=N–C) groups is 1. The number of rotatable bonds is 6. The summed E-state index contributed by atoms with van der Waals surface area (Å²) in [5.41, 5.74) is 1.34. The molecule has 0 spiro atoms. The number of dihydropyridines is 1. The molecule has 0 saturated heterocycles. The van der Waals surface area contributed by atoms with Crippen molar-refractivity contribution in [1.29, 1.82) is 0 Å². The Balaban J connectivity index is 1.70. The zero-order chi connectivity index (χ0) is 24.1. The van der Waals surface area contributed by atoms with Crippen LogP contribution in [0.4, 0.5) is 4.39 Å². The summed E-state index contributed by atoms with van der Waals surface area (Å²) in [5.74, 6) is -1.33. The largest absolute Gasteiger partial charge is 0.459 e. The molecule has 1 N–H and O–H groups in total. The Morgan fingerprint density at radius 3 is 2.48 bits per heavy atom. The third kappa shape index (κ3) is 6.55. The van der Waals surface area contributed by atoms with Crippen molar-refractivity contribution >= 4 is 41.0 Å². The smallest absolute Gasteiger partial charge is 0.338 e. The van der Waals surface area contributed by atoms with Crippen LogP contribution < -0.4 is 10.1 Å². The van der Waals surface area contributed by atoms with E-state index in [0.717, 1.165) is 11.6 Å². The molecule has 0 bridgehead atoms. The van der Waals surface area contributed by atoms with Crippen molar-refractivity contribution in [2.45, 2.75) is 38.3 Å². The van der Waals surface area contributed by atoms with E-state index in [1.54, 1.807) is 51.1 Å². The van der Waals surface area contributed by atoms with Gasteiger partial charge in [-0.3, -0.25) is 4.79 Å². The van der Waals surface area contributed by atoms with Crippen LogP contribution in [0.3, 0.4) is 0 Å². The van der Waals surface area contributed by atoms with E-state index in [4.69, 9.17) is 32.7 Å². The summed E-state index contributed by atoms with van der Waals surface area (Å²) in [7, 11) is 0. The second-order valence-electron chi connectivity index (χ2n) is 7.69. The Morgan fingerprint density at radius 2 is 1.85 bits per heavy atom. The van der Waals surface area contributed by atoms with Gasteiger partial charge >= 0.3 is 5.97 Å². The van der Waals surface area contributed by atoms with Gasteiger partial charge in [-0.1, -0.05) is 23.7 Å². The van der Waals surface area contributed by atoms with Crippen molar-refractivity contribution in [3.63, 3.8) is 0 Å². The van der Waals surface area contributed by atoms with E-state index < -0.39 is 29.1 Å². The number of carbonyl (C=O) groups is 2. The lowest BCUT2D eigenvalue weighted by molar-refractivity contribution is -0.117. The van der Waals surface area contributed by atoms with Crippen LogP contribution in [0, 0.1) is 5.82 Å². The topological polar surface area (TPSA) is 77.0 Å². The zero-order valence-electron chi connectivity index (χ0n) is 18.3. The van der Waals surface area contributed by atoms with Gasteiger partial charge in [0.1, 0.15) is 11.6 Å². The molecular weight excluding hydrogens is 470 g/mol. The normalized spacial score (nSPS) is 16.5. The predicted molar refractivity (Wildman–Crippen MR) is 126 cm³/mol. The fraction of sp³-hybridized carbons (Fsp3) is 0.292. The molecule has 6 nitrogen and oxygen atoms in total. The van der Waals surface area contributed by atoms with Crippen LogP contribution in [0.5, 0.6) is 5.75 Å². The van der Waals surface area contributed by atoms with E-state index in [0.29, 0.717) is 5.56 Å². The molecule has 1 heterocycles. The van der Waals surface area contributed by atoms with Gasteiger partial charge in [0.05, 0.1) is 40.2 Å². The summed E-state index contributed by atoms with van der Waals surface area (Å²) < 4.78 is 24.6. The first-order valence-corrected chi connectivity index (χ1v) is 11.1. The van der Waals surface area contributed by atoms with Crippen molar-refractivity contribution in [1.82, 2.24) is 5.32 Å². The summed E-state index contributed by atoms with van der Waals surface area (Å²) in [4.78, 5) is 29.2. The number of nitrogens with one attached hydrogen (secondary N) is 1. The third-order valence-electron chi connectivity index (χ3n) is 4.67. The van der Waals surface area contributed by atoms with E-state index in [1.165, 1.54) is 12.1 Å². The number of carbonyl (C=O) groups excluding carboxylic acids is 2. The zero-order valence-corrected chi connectivity index (χ0v) is 19.8. The first kappa shape index (κ1) is 24.7. The van der Waals surface area contributed by atoms with Crippen molar-refractivity contribution in [3.8, 4) is 5.75 Å². The Hall–Kier alpha value is -2.90. The van der Waals surface area contributed by atoms with Gasteiger partial charge in [0.2, 0.25) is 5.90 Å². The quantitative estimate of drug-likeness (QED) is 0.441. The summed E-state index contributed by atoms with van der Waals surface area (Å²) in [6.07, 6.45) is 1.33. The summed E-state index contributed by atoms with van der Waals surface area (Å²) >= 11 is 11.9. The third-order valence-corrected chi connectivity index (χ3v) is 5.24. The predicted octanol–water partition coefficient (Wildman–Crippen LogP) is 5.25. The Morgan fingerprint density at radius 1 is 1.15 bits per heavy atom. The van der Waals surface area contributed by atoms with Gasteiger partial charge in [0.25, 0.3) is 5.91 Å². The molecule has 2 atom stereocenters. The minimum atomic E-state index is -0.648. The number of nitrogens with zero attached hydrogens (tertiary/aromatic N) is 1. The molecular formula is C24H23Cl2FN2O4. The SMILES string of the molecule is CC(C)OC(=O)c1ccc([C@H](C)NC(=O)C2=CC(Cl)CN=C2Oc2ccc(Cl)c(F)c2)cc1. The van der Waals surface area contributed by atoms with Gasteiger partial charge < -0.3 is 14.8 Å². The number of halogens is 3. The lowest BCUT2D eigenvalue weighted by Crippen LogP contribution is -2.35. The Kier molecular flexibility index (Phi) is 8.10. The summed E-state index contributed by atoms with van der Waals surface area (Å²) in [6.45, 7) is 5.57. The van der Waals surface area contributed by atoms with Crippen molar-refractivity contribution < 1.29 is 23.5 Å². The van der Waals surface area contributed by atoms with Gasteiger partial charge in [-0.05, 0) is 56.7 Å².